The summed E-state index contributed by atoms with van der Waals surface area (Å²) >= 11 is 18.1. The summed E-state index contributed by atoms with van der Waals surface area (Å²) in [4.78, 5) is 0. The Morgan fingerprint density at radius 2 is 1.81 bits per heavy atom. The molecule has 0 N–H and O–H groups in total. The van der Waals surface area contributed by atoms with Gasteiger partial charge in [-0.05, 0) is 25.0 Å². The van der Waals surface area contributed by atoms with Gasteiger partial charge in [0.1, 0.15) is 5.69 Å². The Morgan fingerprint density at radius 3 is 2.33 bits per heavy atom. The quantitative estimate of drug-likeness (QED) is 0.624. The van der Waals surface area contributed by atoms with E-state index in [4.69, 9.17) is 34.8 Å². The summed E-state index contributed by atoms with van der Waals surface area (Å²) in [6.07, 6.45) is -1.31. The molecular formula is C13H8Cl3F3N2. The minimum Gasteiger partial charge on any atom is -0.237 e. The number of rotatable bonds is 1. The van der Waals surface area contributed by atoms with Gasteiger partial charge in [-0.2, -0.15) is 18.3 Å². The van der Waals surface area contributed by atoms with Crippen LogP contribution in [0.4, 0.5) is 13.2 Å². The molecule has 1 aliphatic carbocycles. The molecule has 1 aromatic carbocycles. The lowest BCUT2D eigenvalue weighted by Crippen LogP contribution is -2.07. The summed E-state index contributed by atoms with van der Waals surface area (Å²) < 4.78 is 39.5. The zero-order valence-corrected chi connectivity index (χ0v) is 12.7. The highest BCUT2D eigenvalue weighted by molar-refractivity contribution is 6.37. The van der Waals surface area contributed by atoms with E-state index in [2.05, 4.69) is 5.10 Å². The molecule has 2 aromatic rings. The molecule has 2 nitrogen and oxygen atoms in total. The molecule has 1 heterocycles. The summed E-state index contributed by atoms with van der Waals surface area (Å²) in [5.74, 6) is 0. The Labute approximate surface area is 133 Å². The summed E-state index contributed by atoms with van der Waals surface area (Å²) in [7, 11) is 0. The molecular weight excluding hydrogens is 348 g/mol. The van der Waals surface area contributed by atoms with Crippen LogP contribution in [0.15, 0.2) is 18.3 Å². The molecule has 1 aliphatic rings. The molecule has 8 heteroatoms. The lowest BCUT2D eigenvalue weighted by Gasteiger charge is -2.12. The van der Waals surface area contributed by atoms with Crippen molar-refractivity contribution in [2.45, 2.75) is 24.4 Å². The van der Waals surface area contributed by atoms with Crippen molar-refractivity contribution in [3.63, 3.8) is 0 Å². The fraction of sp³-hybridized carbons (Fsp3) is 0.308. The van der Waals surface area contributed by atoms with Gasteiger partial charge < -0.3 is 0 Å². The summed E-state index contributed by atoms with van der Waals surface area (Å²) in [5.41, 5.74) is 1.02. The van der Waals surface area contributed by atoms with Crippen LogP contribution >= 0.6 is 34.8 Å². The molecule has 0 fully saturated rings. The minimum absolute atomic E-state index is 0.109. The first kappa shape index (κ1) is 15.0. The van der Waals surface area contributed by atoms with Gasteiger partial charge in [0.25, 0.3) is 0 Å². The Kier molecular flexibility index (Phi) is 3.62. The molecule has 112 valence electrons. The van der Waals surface area contributed by atoms with Gasteiger partial charge in [0.2, 0.25) is 0 Å². The average molecular weight is 356 g/mol. The topological polar surface area (TPSA) is 17.8 Å². The van der Waals surface area contributed by atoms with Crippen molar-refractivity contribution in [3.05, 3.63) is 45.2 Å². The largest absolute Gasteiger partial charge is 0.416 e. The van der Waals surface area contributed by atoms with Crippen LogP contribution in [-0.4, -0.2) is 9.78 Å². The molecule has 1 aromatic heterocycles. The predicted molar refractivity (Wildman–Crippen MR) is 75.5 cm³/mol. The maximum Gasteiger partial charge on any atom is 0.416 e. The van der Waals surface area contributed by atoms with Crippen LogP contribution in [0.2, 0.25) is 10.0 Å². The normalized spacial score (nSPS) is 18.1. The van der Waals surface area contributed by atoms with E-state index in [-0.39, 0.29) is 21.1 Å². The minimum atomic E-state index is -4.50. The molecule has 1 unspecified atom stereocenters. The third-order valence-corrected chi connectivity index (χ3v) is 4.40. The smallest absolute Gasteiger partial charge is 0.237 e. The fourth-order valence-corrected chi connectivity index (χ4v) is 3.31. The van der Waals surface area contributed by atoms with Gasteiger partial charge in [-0.15, -0.1) is 11.6 Å². The van der Waals surface area contributed by atoms with Crippen LogP contribution in [0.25, 0.3) is 5.69 Å². The Bertz CT molecular complexity index is 686. The second-order valence-electron chi connectivity index (χ2n) is 4.77. The van der Waals surface area contributed by atoms with Gasteiger partial charge in [-0.1, -0.05) is 23.2 Å². The van der Waals surface area contributed by atoms with Crippen LogP contribution < -0.4 is 0 Å². The van der Waals surface area contributed by atoms with E-state index in [1.165, 1.54) is 4.68 Å². The van der Waals surface area contributed by atoms with Crippen molar-refractivity contribution in [3.8, 4) is 5.69 Å². The average Bonchev–Trinajstić information content (AvgIpc) is 2.90. The Morgan fingerprint density at radius 1 is 1.19 bits per heavy atom. The monoisotopic (exact) mass is 354 g/mol. The number of hydrogen-bond donors (Lipinski definition) is 0. The van der Waals surface area contributed by atoms with Crippen LogP contribution in [0.1, 0.15) is 28.6 Å². The van der Waals surface area contributed by atoms with Crippen LogP contribution in [0.3, 0.4) is 0 Å². The molecule has 3 rings (SSSR count). The van der Waals surface area contributed by atoms with E-state index in [1.807, 2.05) is 0 Å². The maximum atomic E-state index is 12.7. The first-order valence-corrected chi connectivity index (χ1v) is 7.25. The number of alkyl halides is 4. The van der Waals surface area contributed by atoms with E-state index in [9.17, 15) is 13.2 Å². The number of fused-ring (bicyclic) bond motifs is 1. The van der Waals surface area contributed by atoms with E-state index < -0.39 is 11.7 Å². The van der Waals surface area contributed by atoms with Gasteiger partial charge in [0, 0.05) is 11.8 Å². The van der Waals surface area contributed by atoms with Gasteiger partial charge >= 0.3 is 6.18 Å². The second kappa shape index (κ2) is 5.07. The van der Waals surface area contributed by atoms with Crippen molar-refractivity contribution in [2.24, 2.45) is 0 Å². The molecule has 0 saturated carbocycles. The summed E-state index contributed by atoms with van der Waals surface area (Å²) in [6, 6.07) is 1.68. The fourth-order valence-electron chi connectivity index (χ4n) is 2.36. The van der Waals surface area contributed by atoms with Crippen LogP contribution in [0.5, 0.6) is 0 Å². The zero-order valence-electron chi connectivity index (χ0n) is 10.4. The number of benzene rings is 1. The number of halogens is 6. The Hall–Kier alpha value is -0.910. The number of nitrogens with zero attached hydrogens (tertiary/aromatic N) is 2. The number of hydrogen-bond acceptors (Lipinski definition) is 1. The van der Waals surface area contributed by atoms with Crippen molar-refractivity contribution in [2.75, 3.05) is 0 Å². The predicted octanol–water partition coefficient (Wildman–Crippen LogP) is 5.42. The molecule has 0 amide bonds. The summed E-state index contributed by atoms with van der Waals surface area (Å²) in [6.45, 7) is 0. The number of aryl methyl sites for hydroxylation is 1. The van der Waals surface area contributed by atoms with Gasteiger partial charge in [-0.25, -0.2) is 4.68 Å². The van der Waals surface area contributed by atoms with Crippen LogP contribution in [-0.2, 0) is 12.6 Å². The SMILES string of the molecule is FC(F)(F)c1cc(Cl)c(-n2cc3c(n2)CCC3Cl)c(Cl)c1. The Balaban J connectivity index is 2.09. The van der Waals surface area contributed by atoms with Crippen LogP contribution in [0, 0.1) is 0 Å². The third-order valence-electron chi connectivity index (χ3n) is 3.37. The van der Waals surface area contributed by atoms with Crippen molar-refractivity contribution in [1.82, 2.24) is 9.78 Å². The molecule has 21 heavy (non-hydrogen) atoms. The first-order chi connectivity index (χ1) is 9.77. The number of aromatic nitrogens is 2. The van der Waals surface area contributed by atoms with E-state index in [0.29, 0.717) is 0 Å². The van der Waals surface area contributed by atoms with E-state index in [0.717, 1.165) is 36.2 Å². The van der Waals surface area contributed by atoms with Crippen molar-refractivity contribution >= 4 is 34.8 Å². The van der Waals surface area contributed by atoms with Gasteiger partial charge in [-0.3, -0.25) is 0 Å². The molecule has 0 spiro atoms. The molecule has 0 aliphatic heterocycles. The van der Waals surface area contributed by atoms with Crippen molar-refractivity contribution < 1.29 is 13.2 Å². The second-order valence-corrected chi connectivity index (χ2v) is 6.11. The highest BCUT2D eigenvalue weighted by Crippen LogP contribution is 2.40. The molecule has 0 bridgehead atoms. The molecule has 1 atom stereocenters. The zero-order chi connectivity index (χ0) is 15.4. The van der Waals surface area contributed by atoms with E-state index >= 15 is 0 Å². The lowest BCUT2D eigenvalue weighted by molar-refractivity contribution is -0.137. The van der Waals surface area contributed by atoms with E-state index in [1.54, 1.807) is 6.20 Å². The standard InChI is InChI=1S/C13H8Cl3F3N2/c14-8-1-2-11-7(8)5-21(20-11)12-9(15)3-6(4-10(12)16)13(17,18)19/h3-5,8H,1-2H2. The van der Waals surface area contributed by atoms with Gasteiger partial charge in [0.15, 0.2) is 0 Å². The molecule has 0 radical (unpaired) electrons. The van der Waals surface area contributed by atoms with Crippen molar-refractivity contribution in [1.29, 1.82) is 0 Å². The molecule has 0 saturated heterocycles. The third kappa shape index (κ3) is 2.62. The maximum absolute atomic E-state index is 12.7. The highest BCUT2D eigenvalue weighted by atomic mass is 35.5. The van der Waals surface area contributed by atoms with Gasteiger partial charge in [0.05, 0.1) is 26.7 Å². The summed E-state index contributed by atoms with van der Waals surface area (Å²) in [5, 5.41) is 3.95. The lowest BCUT2D eigenvalue weighted by atomic mass is 10.2. The first-order valence-electron chi connectivity index (χ1n) is 6.06. The highest BCUT2D eigenvalue weighted by Gasteiger charge is 2.32.